The van der Waals surface area contributed by atoms with Gasteiger partial charge in [0.25, 0.3) is 0 Å². The normalized spacial score (nSPS) is 20.9. The minimum atomic E-state index is -1.84. The van der Waals surface area contributed by atoms with Crippen LogP contribution < -0.4 is 14.2 Å². The molecule has 2 unspecified atom stereocenters. The van der Waals surface area contributed by atoms with E-state index in [0.29, 0.717) is 36.9 Å². The molecule has 0 fully saturated rings. The van der Waals surface area contributed by atoms with Crippen LogP contribution in [0.2, 0.25) is 5.02 Å². The Labute approximate surface area is 222 Å². The van der Waals surface area contributed by atoms with Gasteiger partial charge in [-0.05, 0) is 18.6 Å². The van der Waals surface area contributed by atoms with Gasteiger partial charge in [0.1, 0.15) is 22.1 Å². The van der Waals surface area contributed by atoms with Gasteiger partial charge < -0.3 is 28.3 Å². The van der Waals surface area contributed by atoms with Crippen LogP contribution >= 0.6 is 11.6 Å². The molecule has 1 spiro atoms. The zero-order valence-electron chi connectivity index (χ0n) is 20.8. The molecule has 3 aromatic rings. The molecule has 198 valence electrons. The van der Waals surface area contributed by atoms with Crippen molar-refractivity contribution >= 4 is 29.4 Å². The van der Waals surface area contributed by atoms with Crippen LogP contribution in [0.5, 0.6) is 17.2 Å². The van der Waals surface area contributed by atoms with Crippen LogP contribution in [0.3, 0.4) is 0 Å². The number of aryl methyl sites for hydroxylation is 1. The van der Waals surface area contributed by atoms with E-state index in [2.05, 4.69) is 15.1 Å². The average Bonchev–Trinajstić information content (AvgIpc) is 3.65. The van der Waals surface area contributed by atoms with Gasteiger partial charge in [-0.25, -0.2) is 0 Å². The highest BCUT2D eigenvalue weighted by molar-refractivity contribution is 6.35. The van der Waals surface area contributed by atoms with E-state index in [4.69, 9.17) is 34.8 Å². The summed E-state index contributed by atoms with van der Waals surface area (Å²) in [4.78, 5) is 35.1. The first-order chi connectivity index (χ1) is 18.3. The summed E-state index contributed by atoms with van der Waals surface area (Å²) < 4.78 is 27.2. The number of methoxy groups -OCH3 is 2. The number of aromatic nitrogens is 2. The molecule has 0 saturated carbocycles. The highest BCUT2D eigenvalue weighted by Gasteiger charge is 2.60. The maximum atomic E-state index is 13.7. The zero-order valence-corrected chi connectivity index (χ0v) is 21.6. The van der Waals surface area contributed by atoms with Crippen molar-refractivity contribution < 1.29 is 37.8 Å². The fraction of sp³-hybridized carbons (Fsp3) is 0.346. The Hall–Kier alpha value is -4.12. The van der Waals surface area contributed by atoms with Crippen molar-refractivity contribution in [1.82, 2.24) is 10.1 Å². The first-order valence-electron chi connectivity index (χ1n) is 11.8. The van der Waals surface area contributed by atoms with Crippen LogP contribution in [0, 0.1) is 5.92 Å². The number of rotatable bonds is 8. The van der Waals surface area contributed by atoms with Crippen molar-refractivity contribution in [3.8, 4) is 28.8 Å². The van der Waals surface area contributed by atoms with Crippen molar-refractivity contribution in [3.05, 3.63) is 52.3 Å². The third-order valence-corrected chi connectivity index (χ3v) is 6.98. The lowest BCUT2D eigenvalue weighted by Gasteiger charge is -2.36. The molecule has 3 heterocycles. The number of carbonyl (C=O) groups is 2. The summed E-state index contributed by atoms with van der Waals surface area (Å²) in [6.45, 7) is 1.96. The molecule has 0 amide bonds. The Morgan fingerprint density at radius 2 is 2.08 bits per heavy atom. The van der Waals surface area contributed by atoms with E-state index in [1.54, 1.807) is 19.1 Å². The average molecular weight is 542 g/mol. The number of hydrogen-bond donors (Lipinski definition) is 1. The van der Waals surface area contributed by atoms with Gasteiger partial charge in [-0.15, -0.1) is 0 Å². The Balaban J connectivity index is 1.36. The predicted molar refractivity (Wildman–Crippen MR) is 134 cm³/mol. The summed E-state index contributed by atoms with van der Waals surface area (Å²) in [5.74, 6) is -0.364. The van der Waals surface area contributed by atoms with Crippen LogP contribution in [0.1, 0.15) is 36.0 Å². The fourth-order valence-corrected chi connectivity index (χ4v) is 4.92. The zero-order chi connectivity index (χ0) is 27.0. The summed E-state index contributed by atoms with van der Waals surface area (Å²) >= 11 is 6.44. The van der Waals surface area contributed by atoms with Crippen molar-refractivity contribution in [2.24, 2.45) is 10.9 Å². The lowest BCUT2D eigenvalue weighted by molar-refractivity contribution is -0.118. The standard InChI is InChI=1S/C26H24ClN3O8/c1-13-10-15(31)14(12-28-8-4-7-19-29-25(30-38-19)16-6-5-9-36-16)23(32)26(13)24(33)20-17(34-2)11-18(35-3)21(27)22(20)37-26/h5-6,9,11-13,32H,4,7-8,10H2,1-3H3. The highest BCUT2D eigenvalue weighted by Crippen LogP contribution is 2.54. The maximum absolute atomic E-state index is 13.7. The second-order valence-electron chi connectivity index (χ2n) is 8.88. The topological polar surface area (TPSA) is 146 Å². The lowest BCUT2D eigenvalue weighted by Crippen LogP contribution is -2.52. The van der Waals surface area contributed by atoms with Crippen LogP contribution in [-0.2, 0) is 11.2 Å². The van der Waals surface area contributed by atoms with Crippen LogP contribution in [-0.4, -0.2) is 59.4 Å². The first kappa shape index (κ1) is 25.5. The molecule has 2 atom stereocenters. The van der Waals surface area contributed by atoms with Gasteiger partial charge in [0.05, 0.1) is 26.1 Å². The number of allylic oxidation sites excluding steroid dienone is 1. The third kappa shape index (κ3) is 4.03. The van der Waals surface area contributed by atoms with Gasteiger partial charge in [0.15, 0.2) is 23.1 Å². The van der Waals surface area contributed by atoms with E-state index in [1.807, 2.05) is 0 Å². The minimum absolute atomic E-state index is 0.0328. The maximum Gasteiger partial charge on any atom is 0.238 e. The molecule has 1 aliphatic carbocycles. The lowest BCUT2D eigenvalue weighted by atomic mass is 9.73. The minimum Gasteiger partial charge on any atom is -0.507 e. The number of hydrogen-bond acceptors (Lipinski definition) is 11. The molecular formula is C26H24ClN3O8. The highest BCUT2D eigenvalue weighted by atomic mass is 35.5. The van der Waals surface area contributed by atoms with E-state index in [9.17, 15) is 14.7 Å². The number of ether oxygens (including phenoxy) is 3. The van der Waals surface area contributed by atoms with Crippen LogP contribution in [0.4, 0.5) is 0 Å². The molecule has 1 N–H and O–H groups in total. The van der Waals surface area contributed by atoms with Crippen molar-refractivity contribution in [3.63, 3.8) is 0 Å². The summed E-state index contributed by atoms with van der Waals surface area (Å²) in [6, 6.07) is 4.93. The molecule has 38 heavy (non-hydrogen) atoms. The summed E-state index contributed by atoms with van der Waals surface area (Å²) in [7, 11) is 2.82. The van der Waals surface area contributed by atoms with Crippen molar-refractivity contribution in [2.75, 3.05) is 20.8 Å². The Kier molecular flexibility index (Phi) is 6.70. The number of aliphatic hydroxyl groups excluding tert-OH is 1. The molecule has 2 aromatic heterocycles. The number of furan rings is 1. The monoisotopic (exact) mass is 541 g/mol. The summed E-state index contributed by atoms with van der Waals surface area (Å²) in [5, 5.41) is 15.2. The van der Waals surface area contributed by atoms with Crippen LogP contribution in [0.25, 0.3) is 11.6 Å². The predicted octanol–water partition coefficient (Wildman–Crippen LogP) is 4.44. The molecule has 11 nitrogen and oxygen atoms in total. The van der Waals surface area contributed by atoms with Gasteiger partial charge in [0.2, 0.25) is 23.1 Å². The van der Waals surface area contributed by atoms with Gasteiger partial charge in [0, 0.05) is 37.6 Å². The number of Topliss-reactive ketones (excluding diaryl/α,β-unsaturated/α-hetero) is 2. The Morgan fingerprint density at radius 1 is 1.29 bits per heavy atom. The number of carbonyl (C=O) groups excluding carboxylic acids is 2. The number of ketones is 2. The van der Waals surface area contributed by atoms with E-state index in [1.165, 1.54) is 32.8 Å². The number of benzene rings is 1. The van der Waals surface area contributed by atoms with Crippen LogP contribution in [0.15, 0.2) is 49.7 Å². The largest absolute Gasteiger partial charge is 0.507 e. The number of halogens is 1. The molecule has 0 radical (unpaired) electrons. The molecule has 0 bridgehead atoms. The first-order valence-corrected chi connectivity index (χ1v) is 12.2. The second-order valence-corrected chi connectivity index (χ2v) is 9.26. The molecule has 2 aliphatic rings. The SMILES string of the molecule is COc1cc(OC)c2c(c1Cl)OC1(C2=O)C(O)=C(C=NCCCc2nc(-c3ccco3)no2)C(=O)CC1C. The van der Waals surface area contributed by atoms with Gasteiger partial charge in [-0.3, -0.25) is 14.6 Å². The number of aliphatic hydroxyl groups is 1. The molecule has 5 rings (SSSR count). The summed E-state index contributed by atoms with van der Waals surface area (Å²) in [6.07, 6.45) is 3.73. The van der Waals surface area contributed by atoms with E-state index in [-0.39, 0.29) is 45.6 Å². The molecule has 12 heteroatoms. The van der Waals surface area contributed by atoms with Gasteiger partial charge in [-0.2, -0.15) is 4.98 Å². The fourth-order valence-electron chi connectivity index (χ4n) is 4.65. The van der Waals surface area contributed by atoms with E-state index in [0.717, 1.165) is 0 Å². The van der Waals surface area contributed by atoms with Crippen molar-refractivity contribution in [2.45, 2.75) is 31.8 Å². The van der Waals surface area contributed by atoms with E-state index < -0.39 is 23.1 Å². The smallest absolute Gasteiger partial charge is 0.238 e. The number of fused-ring (bicyclic) bond motifs is 1. The van der Waals surface area contributed by atoms with E-state index >= 15 is 0 Å². The van der Waals surface area contributed by atoms with Crippen molar-refractivity contribution in [1.29, 1.82) is 0 Å². The number of nitrogens with zero attached hydrogens (tertiary/aromatic N) is 3. The number of aliphatic imine (C=N–C) groups is 1. The molecule has 0 saturated heterocycles. The Morgan fingerprint density at radius 3 is 2.79 bits per heavy atom. The van der Waals surface area contributed by atoms with Gasteiger partial charge in [-0.1, -0.05) is 23.7 Å². The Bertz CT molecular complexity index is 1460. The quantitative estimate of drug-likeness (QED) is 0.320. The molecule has 1 aromatic carbocycles. The molecule has 1 aliphatic heterocycles. The van der Waals surface area contributed by atoms with Gasteiger partial charge >= 0.3 is 0 Å². The third-order valence-electron chi connectivity index (χ3n) is 6.62. The molecular weight excluding hydrogens is 518 g/mol. The second kappa shape index (κ2) is 9.97. The summed E-state index contributed by atoms with van der Waals surface area (Å²) in [5.41, 5.74) is -1.85.